The average Bonchev–Trinajstić information content (AvgIpc) is 2.66. The van der Waals surface area contributed by atoms with Crippen molar-refractivity contribution in [1.82, 2.24) is 4.98 Å². The normalized spacial score (nSPS) is 16.0. The van der Waals surface area contributed by atoms with Gasteiger partial charge in [-0.25, -0.2) is 4.98 Å². The van der Waals surface area contributed by atoms with Crippen LogP contribution in [0.3, 0.4) is 0 Å². The Bertz CT molecular complexity index is 351. The summed E-state index contributed by atoms with van der Waals surface area (Å²) in [5, 5.41) is 3.27. The summed E-state index contributed by atoms with van der Waals surface area (Å²) in [5.74, 6) is 0.693. The summed E-state index contributed by atoms with van der Waals surface area (Å²) >= 11 is 0. The topological polar surface area (TPSA) is 77.0 Å². The number of anilines is 3. The molecule has 14 heavy (non-hydrogen) atoms. The smallest absolute Gasteiger partial charge is 0.151 e. The molecule has 1 aliphatic carbocycles. The fraction of sp³-hybridized carbons (Fsp3) is 0.300. The third-order valence-electron chi connectivity index (χ3n) is 2.37. The number of rotatable bonds is 2. The Morgan fingerprint density at radius 2 is 2.00 bits per heavy atom. The molecular formula is C10H14N4. The van der Waals surface area contributed by atoms with Crippen LogP contribution in [0.25, 0.3) is 0 Å². The van der Waals surface area contributed by atoms with Crippen LogP contribution in [0.15, 0.2) is 24.4 Å². The molecule has 1 aromatic rings. The zero-order valence-electron chi connectivity index (χ0n) is 7.90. The first kappa shape index (κ1) is 8.87. The molecule has 0 aromatic carbocycles. The largest absolute Gasteiger partial charge is 0.397 e. The summed E-state index contributed by atoms with van der Waals surface area (Å²) in [6.45, 7) is 0. The summed E-state index contributed by atoms with van der Waals surface area (Å²) < 4.78 is 0. The van der Waals surface area contributed by atoms with Crippen LogP contribution in [-0.4, -0.2) is 11.0 Å². The molecule has 2 rings (SSSR count). The minimum absolute atomic E-state index is 0.409. The molecule has 1 aromatic heterocycles. The maximum atomic E-state index is 5.79. The van der Waals surface area contributed by atoms with Gasteiger partial charge in [-0.05, 0) is 18.9 Å². The van der Waals surface area contributed by atoms with Crippen LogP contribution in [0.2, 0.25) is 0 Å². The molecule has 1 heterocycles. The van der Waals surface area contributed by atoms with Gasteiger partial charge in [0.1, 0.15) is 0 Å². The molecule has 0 radical (unpaired) electrons. The number of nitrogens with one attached hydrogen (secondary N) is 1. The number of nitrogens with zero attached hydrogens (tertiary/aromatic N) is 1. The van der Waals surface area contributed by atoms with Crippen molar-refractivity contribution >= 4 is 17.2 Å². The van der Waals surface area contributed by atoms with Crippen LogP contribution in [-0.2, 0) is 0 Å². The Morgan fingerprint density at radius 1 is 1.29 bits per heavy atom. The van der Waals surface area contributed by atoms with Gasteiger partial charge in [0.15, 0.2) is 5.82 Å². The minimum atomic E-state index is 0.409. The lowest BCUT2D eigenvalue weighted by atomic mass is 10.2. The SMILES string of the molecule is Nc1ccnc(NC2CC=CC2)c1N. The Balaban J connectivity index is 2.12. The third kappa shape index (κ3) is 1.64. The summed E-state index contributed by atoms with van der Waals surface area (Å²) in [6.07, 6.45) is 8.02. The van der Waals surface area contributed by atoms with Crippen LogP contribution in [0.1, 0.15) is 12.8 Å². The van der Waals surface area contributed by atoms with Crippen LogP contribution in [0.4, 0.5) is 17.2 Å². The van der Waals surface area contributed by atoms with Gasteiger partial charge in [-0.15, -0.1) is 0 Å². The predicted octanol–water partition coefficient (Wildman–Crippen LogP) is 1.38. The van der Waals surface area contributed by atoms with E-state index < -0.39 is 0 Å². The number of hydrogen-bond donors (Lipinski definition) is 3. The van der Waals surface area contributed by atoms with Gasteiger partial charge in [0.2, 0.25) is 0 Å². The third-order valence-corrected chi connectivity index (χ3v) is 2.37. The number of pyridine rings is 1. The van der Waals surface area contributed by atoms with E-state index in [4.69, 9.17) is 11.5 Å². The second-order valence-electron chi connectivity index (χ2n) is 3.45. The van der Waals surface area contributed by atoms with Crippen molar-refractivity contribution in [1.29, 1.82) is 0 Å². The van der Waals surface area contributed by atoms with Crippen LogP contribution in [0, 0.1) is 0 Å². The molecule has 0 amide bonds. The van der Waals surface area contributed by atoms with E-state index in [-0.39, 0.29) is 0 Å². The van der Waals surface area contributed by atoms with Crippen molar-refractivity contribution in [2.45, 2.75) is 18.9 Å². The second-order valence-corrected chi connectivity index (χ2v) is 3.45. The number of aromatic nitrogens is 1. The Morgan fingerprint density at radius 3 is 2.71 bits per heavy atom. The summed E-state index contributed by atoms with van der Waals surface area (Å²) in [5.41, 5.74) is 12.6. The van der Waals surface area contributed by atoms with E-state index in [1.54, 1.807) is 12.3 Å². The van der Waals surface area contributed by atoms with Gasteiger partial charge in [-0.1, -0.05) is 12.2 Å². The second kappa shape index (κ2) is 3.57. The van der Waals surface area contributed by atoms with E-state index in [1.807, 2.05) is 0 Å². The molecule has 5 N–H and O–H groups in total. The Kier molecular flexibility index (Phi) is 2.26. The van der Waals surface area contributed by atoms with Crippen LogP contribution < -0.4 is 16.8 Å². The van der Waals surface area contributed by atoms with E-state index >= 15 is 0 Å². The molecule has 0 saturated carbocycles. The molecule has 0 spiro atoms. The van der Waals surface area contributed by atoms with E-state index in [0.717, 1.165) is 12.8 Å². The maximum absolute atomic E-state index is 5.79. The average molecular weight is 190 g/mol. The zero-order chi connectivity index (χ0) is 9.97. The first-order valence-electron chi connectivity index (χ1n) is 4.69. The fourth-order valence-electron chi connectivity index (χ4n) is 1.53. The zero-order valence-corrected chi connectivity index (χ0v) is 7.90. The van der Waals surface area contributed by atoms with Crippen molar-refractivity contribution in [2.24, 2.45) is 0 Å². The highest BCUT2D eigenvalue weighted by atomic mass is 15.0. The molecule has 0 atom stereocenters. The highest BCUT2D eigenvalue weighted by Gasteiger charge is 2.12. The van der Waals surface area contributed by atoms with Crippen LogP contribution in [0.5, 0.6) is 0 Å². The van der Waals surface area contributed by atoms with Gasteiger partial charge >= 0.3 is 0 Å². The molecule has 0 saturated heterocycles. The quantitative estimate of drug-likeness (QED) is 0.616. The van der Waals surface area contributed by atoms with Gasteiger partial charge in [0.25, 0.3) is 0 Å². The van der Waals surface area contributed by atoms with Crippen molar-refractivity contribution in [3.8, 4) is 0 Å². The number of nitrogens with two attached hydrogens (primary N) is 2. The highest BCUT2D eigenvalue weighted by molar-refractivity contribution is 5.75. The first-order chi connectivity index (χ1) is 6.77. The molecule has 1 aliphatic rings. The molecular weight excluding hydrogens is 176 g/mol. The highest BCUT2D eigenvalue weighted by Crippen LogP contribution is 2.24. The number of nitrogen functional groups attached to an aromatic ring is 2. The van der Waals surface area contributed by atoms with Gasteiger partial charge in [-0.2, -0.15) is 0 Å². The van der Waals surface area contributed by atoms with Gasteiger partial charge < -0.3 is 16.8 Å². The summed E-state index contributed by atoms with van der Waals surface area (Å²) in [7, 11) is 0. The lowest BCUT2D eigenvalue weighted by molar-refractivity contribution is 0.782. The van der Waals surface area contributed by atoms with Gasteiger partial charge in [-0.3, -0.25) is 0 Å². The van der Waals surface area contributed by atoms with Crippen molar-refractivity contribution in [3.05, 3.63) is 24.4 Å². The summed E-state index contributed by atoms with van der Waals surface area (Å²) in [6, 6.07) is 2.11. The van der Waals surface area contributed by atoms with E-state index in [0.29, 0.717) is 23.2 Å². The molecule has 4 nitrogen and oxygen atoms in total. The molecule has 4 heteroatoms. The monoisotopic (exact) mass is 190 g/mol. The van der Waals surface area contributed by atoms with Crippen molar-refractivity contribution < 1.29 is 0 Å². The first-order valence-corrected chi connectivity index (χ1v) is 4.69. The van der Waals surface area contributed by atoms with Crippen LogP contribution >= 0.6 is 0 Å². The van der Waals surface area contributed by atoms with E-state index in [9.17, 15) is 0 Å². The summed E-state index contributed by atoms with van der Waals surface area (Å²) in [4.78, 5) is 4.16. The van der Waals surface area contributed by atoms with Crippen molar-refractivity contribution in [3.63, 3.8) is 0 Å². The Hall–Kier alpha value is -1.71. The van der Waals surface area contributed by atoms with Gasteiger partial charge in [0, 0.05) is 12.2 Å². The fourth-order valence-corrected chi connectivity index (χ4v) is 1.53. The van der Waals surface area contributed by atoms with Crippen molar-refractivity contribution in [2.75, 3.05) is 16.8 Å². The number of hydrogen-bond acceptors (Lipinski definition) is 4. The van der Waals surface area contributed by atoms with Gasteiger partial charge in [0.05, 0.1) is 11.4 Å². The van der Waals surface area contributed by atoms with E-state index in [2.05, 4.69) is 22.5 Å². The minimum Gasteiger partial charge on any atom is -0.397 e. The van der Waals surface area contributed by atoms with E-state index in [1.165, 1.54) is 0 Å². The molecule has 0 bridgehead atoms. The Labute approximate surface area is 83.0 Å². The standard InChI is InChI=1S/C10H14N4/c11-8-5-6-13-10(9(8)12)14-7-3-1-2-4-7/h1-2,5-7H,3-4,12H2,(H3,11,13,14). The lowest BCUT2D eigenvalue weighted by Gasteiger charge is -2.14. The molecule has 0 unspecified atom stereocenters. The maximum Gasteiger partial charge on any atom is 0.151 e. The molecule has 0 aliphatic heterocycles. The molecule has 0 fully saturated rings. The molecule has 74 valence electrons. The predicted molar refractivity (Wildman–Crippen MR) is 58.8 cm³/mol. The lowest BCUT2D eigenvalue weighted by Crippen LogP contribution is -2.17.